The van der Waals surface area contributed by atoms with E-state index in [0.717, 1.165) is 0 Å². The largest absolute Gasteiger partial charge is 0.479 e. The number of rotatable bonds is 2. The van der Waals surface area contributed by atoms with E-state index in [4.69, 9.17) is 9.84 Å². The molecule has 0 atom stereocenters. The fraction of sp³-hybridized carbons (Fsp3) is 0.111. The van der Waals surface area contributed by atoms with E-state index in [9.17, 15) is 4.79 Å². The Labute approximate surface area is 79.3 Å². The van der Waals surface area contributed by atoms with Gasteiger partial charge in [-0.2, -0.15) is 0 Å². The van der Waals surface area contributed by atoms with Gasteiger partial charge in [-0.15, -0.1) is 0 Å². The molecule has 0 amide bonds. The third kappa shape index (κ3) is 1.10. The maximum atomic E-state index is 10.8. The van der Waals surface area contributed by atoms with Crippen molar-refractivity contribution in [2.45, 2.75) is 0 Å². The molecule has 2 N–H and O–H groups in total. The minimum absolute atomic E-state index is 0.223. The number of fused-ring (bicyclic) bond motifs is 1. The van der Waals surface area contributed by atoms with Gasteiger partial charge in [0.1, 0.15) is 5.52 Å². The summed E-state index contributed by atoms with van der Waals surface area (Å²) in [7, 11) is 1.49. The number of methoxy groups -OCH3 is 1. The van der Waals surface area contributed by atoms with Crippen LogP contribution >= 0.6 is 0 Å². The Morgan fingerprint density at radius 3 is 3.07 bits per heavy atom. The van der Waals surface area contributed by atoms with Crippen LogP contribution < -0.4 is 4.74 Å². The molecule has 0 aliphatic heterocycles. The van der Waals surface area contributed by atoms with Gasteiger partial charge in [0, 0.05) is 17.8 Å². The van der Waals surface area contributed by atoms with Gasteiger partial charge in [0.15, 0.2) is 0 Å². The summed E-state index contributed by atoms with van der Waals surface area (Å²) in [5.74, 6) is -0.570. The minimum Gasteiger partial charge on any atom is -0.479 e. The van der Waals surface area contributed by atoms with Gasteiger partial charge < -0.3 is 14.8 Å². The van der Waals surface area contributed by atoms with Crippen molar-refractivity contribution in [1.29, 1.82) is 0 Å². The van der Waals surface area contributed by atoms with Crippen LogP contribution in [-0.2, 0) is 0 Å². The highest BCUT2D eigenvalue weighted by molar-refractivity contribution is 6.04. The molecule has 0 unspecified atom stereocenters. The van der Waals surface area contributed by atoms with Crippen LogP contribution in [0.25, 0.3) is 10.9 Å². The number of carboxylic acids is 1. The lowest BCUT2D eigenvalue weighted by molar-refractivity contribution is 0.0699. The van der Waals surface area contributed by atoms with Gasteiger partial charge in [-0.3, -0.25) is 0 Å². The summed E-state index contributed by atoms with van der Waals surface area (Å²) in [5, 5.41) is 9.46. The van der Waals surface area contributed by atoms with Crippen LogP contribution in [-0.4, -0.2) is 28.2 Å². The molecular formula is C9H8N2O3. The number of carboxylic acid groups (broad SMARTS) is 1. The Hall–Kier alpha value is -2.04. The molecule has 2 aromatic rings. The number of hydrogen-bond acceptors (Lipinski definition) is 3. The normalized spacial score (nSPS) is 10.4. The van der Waals surface area contributed by atoms with E-state index in [2.05, 4.69) is 9.97 Å². The molecule has 5 heteroatoms. The highest BCUT2D eigenvalue weighted by atomic mass is 16.5. The van der Waals surface area contributed by atoms with E-state index in [1.54, 1.807) is 6.07 Å². The van der Waals surface area contributed by atoms with Gasteiger partial charge in [-0.25, -0.2) is 9.78 Å². The van der Waals surface area contributed by atoms with E-state index in [0.29, 0.717) is 16.8 Å². The van der Waals surface area contributed by atoms with Crippen LogP contribution in [0, 0.1) is 0 Å². The molecule has 2 rings (SSSR count). The first-order valence-electron chi connectivity index (χ1n) is 3.97. The van der Waals surface area contributed by atoms with Crippen molar-refractivity contribution < 1.29 is 14.6 Å². The highest BCUT2D eigenvalue weighted by Gasteiger charge is 2.13. The summed E-state index contributed by atoms with van der Waals surface area (Å²) in [6.07, 6.45) is 2.94. The fourth-order valence-corrected chi connectivity index (χ4v) is 1.36. The first-order valence-corrected chi connectivity index (χ1v) is 3.97. The average molecular weight is 192 g/mol. The zero-order valence-corrected chi connectivity index (χ0v) is 7.44. The molecule has 5 nitrogen and oxygen atoms in total. The monoisotopic (exact) mass is 192 g/mol. The number of pyridine rings is 1. The predicted molar refractivity (Wildman–Crippen MR) is 49.6 cm³/mol. The summed E-state index contributed by atoms with van der Waals surface area (Å²) in [6.45, 7) is 0. The van der Waals surface area contributed by atoms with Gasteiger partial charge in [0.25, 0.3) is 0 Å². The number of carbonyl (C=O) groups is 1. The van der Waals surface area contributed by atoms with E-state index in [-0.39, 0.29) is 5.56 Å². The van der Waals surface area contributed by atoms with Crippen molar-refractivity contribution in [3.05, 3.63) is 24.0 Å². The van der Waals surface area contributed by atoms with Gasteiger partial charge in [-0.05, 0) is 6.07 Å². The average Bonchev–Trinajstić information content (AvgIpc) is 2.60. The molecule has 72 valence electrons. The number of nitrogens with zero attached hydrogens (tertiary/aromatic N) is 1. The van der Waals surface area contributed by atoms with Gasteiger partial charge in [-0.1, -0.05) is 0 Å². The Morgan fingerprint density at radius 2 is 2.43 bits per heavy atom. The molecule has 2 aromatic heterocycles. The topological polar surface area (TPSA) is 75.2 Å². The molecule has 0 saturated heterocycles. The third-order valence-corrected chi connectivity index (χ3v) is 1.99. The van der Waals surface area contributed by atoms with Crippen molar-refractivity contribution in [2.75, 3.05) is 7.11 Å². The number of hydrogen-bond donors (Lipinski definition) is 2. The molecule has 0 bridgehead atoms. The van der Waals surface area contributed by atoms with Crippen molar-refractivity contribution in [3.63, 3.8) is 0 Å². The summed E-state index contributed by atoms with van der Waals surface area (Å²) < 4.78 is 4.99. The number of aromatic nitrogens is 2. The number of aromatic carboxylic acids is 1. The Balaban J connectivity index is 2.75. The Kier molecular flexibility index (Phi) is 1.85. The van der Waals surface area contributed by atoms with E-state index < -0.39 is 5.97 Å². The predicted octanol–water partition coefficient (Wildman–Crippen LogP) is 1.27. The number of aromatic amines is 1. The lowest BCUT2D eigenvalue weighted by atomic mass is 10.2. The molecule has 2 heterocycles. The van der Waals surface area contributed by atoms with Gasteiger partial charge >= 0.3 is 5.97 Å². The van der Waals surface area contributed by atoms with Crippen LogP contribution in [0.15, 0.2) is 18.5 Å². The van der Waals surface area contributed by atoms with Crippen molar-refractivity contribution in [2.24, 2.45) is 0 Å². The molecule has 14 heavy (non-hydrogen) atoms. The lowest BCUT2D eigenvalue weighted by Crippen LogP contribution is -1.94. The van der Waals surface area contributed by atoms with Crippen LogP contribution in [0.3, 0.4) is 0 Å². The Bertz CT molecular complexity index is 490. The molecule has 0 fully saturated rings. The third-order valence-electron chi connectivity index (χ3n) is 1.99. The van der Waals surface area contributed by atoms with Crippen LogP contribution in [0.5, 0.6) is 5.88 Å². The van der Waals surface area contributed by atoms with Crippen molar-refractivity contribution in [3.8, 4) is 5.88 Å². The van der Waals surface area contributed by atoms with Crippen molar-refractivity contribution in [1.82, 2.24) is 9.97 Å². The van der Waals surface area contributed by atoms with Crippen LogP contribution in [0.2, 0.25) is 0 Å². The summed E-state index contributed by atoms with van der Waals surface area (Å²) >= 11 is 0. The summed E-state index contributed by atoms with van der Waals surface area (Å²) in [6, 6.07) is 1.64. The van der Waals surface area contributed by atoms with E-state index in [1.165, 1.54) is 19.5 Å². The maximum absolute atomic E-state index is 10.8. The standard InChI is InChI=1S/C9H8N2O3/c1-14-8-7-5(2-3-10-8)6(4-11-7)9(12)13/h2-4,11H,1H3,(H,12,13). The van der Waals surface area contributed by atoms with Crippen LogP contribution in [0.4, 0.5) is 0 Å². The molecule has 0 spiro atoms. The SMILES string of the molecule is COc1nccc2c(C(=O)O)c[nH]c12. The molecule has 0 radical (unpaired) electrons. The minimum atomic E-state index is -0.968. The van der Waals surface area contributed by atoms with Crippen molar-refractivity contribution >= 4 is 16.9 Å². The second kappa shape index (κ2) is 3.02. The number of nitrogens with one attached hydrogen (secondary N) is 1. The second-order valence-electron chi connectivity index (χ2n) is 2.75. The molecule has 0 aromatic carbocycles. The number of H-pyrrole nitrogens is 1. The molecule has 0 aliphatic carbocycles. The smallest absolute Gasteiger partial charge is 0.337 e. The molecular weight excluding hydrogens is 184 g/mol. The van der Waals surface area contributed by atoms with Crippen LogP contribution in [0.1, 0.15) is 10.4 Å². The van der Waals surface area contributed by atoms with Gasteiger partial charge in [0.2, 0.25) is 5.88 Å². The summed E-state index contributed by atoms with van der Waals surface area (Å²) in [5.41, 5.74) is 0.827. The summed E-state index contributed by atoms with van der Waals surface area (Å²) in [4.78, 5) is 17.6. The quantitative estimate of drug-likeness (QED) is 0.751. The van der Waals surface area contributed by atoms with E-state index in [1.807, 2.05) is 0 Å². The highest BCUT2D eigenvalue weighted by Crippen LogP contribution is 2.24. The fourth-order valence-electron chi connectivity index (χ4n) is 1.36. The Morgan fingerprint density at radius 1 is 1.64 bits per heavy atom. The first-order chi connectivity index (χ1) is 6.74. The zero-order valence-electron chi connectivity index (χ0n) is 7.44. The molecule has 0 aliphatic rings. The first kappa shape index (κ1) is 8.55. The second-order valence-corrected chi connectivity index (χ2v) is 2.75. The molecule has 0 saturated carbocycles. The van der Waals surface area contributed by atoms with Gasteiger partial charge in [0.05, 0.1) is 12.7 Å². The lowest BCUT2D eigenvalue weighted by Gasteiger charge is -1.98. The maximum Gasteiger partial charge on any atom is 0.337 e. The zero-order chi connectivity index (χ0) is 10.1. The van der Waals surface area contributed by atoms with E-state index >= 15 is 0 Å². The number of ether oxygens (including phenoxy) is 1.